The van der Waals surface area contributed by atoms with Gasteiger partial charge in [-0.25, -0.2) is 4.98 Å². The number of fused-ring (bicyclic) bond motifs is 1. The molecule has 0 fully saturated rings. The number of methoxy groups -OCH3 is 1. The van der Waals surface area contributed by atoms with Gasteiger partial charge < -0.3 is 13.9 Å². The molecular formula is C19H16N2O3. The topological polar surface area (TPSA) is 48.9 Å². The normalized spacial score (nSPS) is 10.9. The monoisotopic (exact) mass is 320 g/mol. The molecule has 4 aromatic rings. The smallest absolute Gasteiger partial charge is 0.290 e. The standard InChI is InChI=1S/C19H16N2O3/c1-13-19(21-10-4-3-5-17(21)20-13)14-11-18(23-12-14)24-16-8-6-15(22-2)7-9-16/h3-12H,1-2H3. The van der Waals surface area contributed by atoms with Crippen LogP contribution in [0.1, 0.15) is 5.69 Å². The van der Waals surface area contributed by atoms with Crippen molar-refractivity contribution >= 4 is 5.65 Å². The largest absolute Gasteiger partial charge is 0.497 e. The molecule has 0 amide bonds. The molecule has 24 heavy (non-hydrogen) atoms. The van der Waals surface area contributed by atoms with Crippen molar-refractivity contribution in [1.82, 2.24) is 9.38 Å². The van der Waals surface area contributed by atoms with E-state index in [0.29, 0.717) is 11.7 Å². The van der Waals surface area contributed by atoms with Gasteiger partial charge in [-0.1, -0.05) is 6.07 Å². The first-order valence-corrected chi connectivity index (χ1v) is 7.59. The molecule has 0 spiro atoms. The fourth-order valence-electron chi connectivity index (χ4n) is 2.72. The first-order chi connectivity index (χ1) is 11.7. The maximum atomic E-state index is 5.76. The number of nitrogens with zero attached hydrogens (tertiary/aromatic N) is 2. The summed E-state index contributed by atoms with van der Waals surface area (Å²) in [4.78, 5) is 4.57. The van der Waals surface area contributed by atoms with E-state index in [4.69, 9.17) is 13.9 Å². The highest BCUT2D eigenvalue weighted by Gasteiger charge is 2.14. The summed E-state index contributed by atoms with van der Waals surface area (Å²) in [7, 11) is 1.63. The molecule has 0 aliphatic heterocycles. The summed E-state index contributed by atoms with van der Waals surface area (Å²) in [5, 5.41) is 0. The van der Waals surface area contributed by atoms with Gasteiger partial charge in [-0.15, -0.1) is 0 Å². The second-order valence-corrected chi connectivity index (χ2v) is 5.41. The number of pyridine rings is 1. The van der Waals surface area contributed by atoms with Crippen LogP contribution in [0.5, 0.6) is 17.4 Å². The number of hydrogen-bond donors (Lipinski definition) is 0. The van der Waals surface area contributed by atoms with Crippen molar-refractivity contribution in [3.05, 3.63) is 66.7 Å². The minimum atomic E-state index is 0.431. The van der Waals surface area contributed by atoms with Crippen LogP contribution in [0.4, 0.5) is 0 Å². The van der Waals surface area contributed by atoms with Crippen molar-refractivity contribution in [3.8, 4) is 28.7 Å². The summed E-state index contributed by atoms with van der Waals surface area (Å²) >= 11 is 0. The van der Waals surface area contributed by atoms with E-state index in [1.165, 1.54) is 0 Å². The highest BCUT2D eigenvalue weighted by Crippen LogP contribution is 2.32. The quantitative estimate of drug-likeness (QED) is 0.546. The van der Waals surface area contributed by atoms with Crippen molar-refractivity contribution in [2.75, 3.05) is 7.11 Å². The Hall–Kier alpha value is -3.21. The molecule has 0 saturated heterocycles. The van der Waals surface area contributed by atoms with Gasteiger partial charge in [0.05, 0.1) is 18.5 Å². The minimum absolute atomic E-state index is 0.431. The molecule has 3 heterocycles. The van der Waals surface area contributed by atoms with Crippen LogP contribution in [0.3, 0.4) is 0 Å². The van der Waals surface area contributed by atoms with Crippen molar-refractivity contribution in [3.63, 3.8) is 0 Å². The Morgan fingerprint density at radius 1 is 1.04 bits per heavy atom. The van der Waals surface area contributed by atoms with Crippen LogP contribution >= 0.6 is 0 Å². The number of ether oxygens (including phenoxy) is 2. The molecule has 0 unspecified atom stereocenters. The molecule has 4 rings (SSSR count). The predicted octanol–water partition coefficient (Wildman–Crippen LogP) is 4.70. The third-order valence-corrected chi connectivity index (χ3v) is 3.83. The van der Waals surface area contributed by atoms with Crippen LogP contribution in [0.2, 0.25) is 0 Å². The highest BCUT2D eigenvalue weighted by molar-refractivity contribution is 5.67. The molecule has 120 valence electrons. The molecule has 3 aromatic heterocycles. The van der Waals surface area contributed by atoms with Crippen LogP contribution in [0.25, 0.3) is 16.9 Å². The number of rotatable bonds is 4. The van der Waals surface area contributed by atoms with E-state index in [2.05, 4.69) is 4.98 Å². The number of aryl methyl sites for hydroxylation is 1. The second-order valence-electron chi connectivity index (χ2n) is 5.41. The average Bonchev–Trinajstić information content (AvgIpc) is 3.18. The lowest BCUT2D eigenvalue weighted by atomic mass is 10.2. The molecule has 0 aliphatic carbocycles. The van der Waals surface area contributed by atoms with Gasteiger partial charge in [0.2, 0.25) is 0 Å². The number of imidazole rings is 1. The van der Waals surface area contributed by atoms with E-state index in [0.717, 1.165) is 28.3 Å². The molecule has 0 atom stereocenters. The molecule has 0 radical (unpaired) electrons. The van der Waals surface area contributed by atoms with Crippen LogP contribution in [-0.2, 0) is 0 Å². The summed E-state index contributed by atoms with van der Waals surface area (Å²) in [5.74, 6) is 1.90. The van der Waals surface area contributed by atoms with E-state index in [1.807, 2.05) is 66.1 Å². The van der Waals surface area contributed by atoms with Crippen molar-refractivity contribution in [2.24, 2.45) is 0 Å². The Bertz CT molecular complexity index is 983. The fourth-order valence-corrected chi connectivity index (χ4v) is 2.72. The molecule has 0 bridgehead atoms. The number of aromatic nitrogens is 2. The summed E-state index contributed by atoms with van der Waals surface area (Å²) in [5.41, 5.74) is 3.77. The molecule has 0 aliphatic rings. The Morgan fingerprint density at radius 3 is 2.62 bits per heavy atom. The number of benzene rings is 1. The lowest BCUT2D eigenvalue weighted by molar-refractivity contribution is 0.346. The number of furan rings is 1. The average molecular weight is 320 g/mol. The zero-order valence-electron chi connectivity index (χ0n) is 13.4. The predicted molar refractivity (Wildman–Crippen MR) is 90.7 cm³/mol. The van der Waals surface area contributed by atoms with Crippen LogP contribution < -0.4 is 9.47 Å². The molecule has 0 N–H and O–H groups in total. The van der Waals surface area contributed by atoms with Gasteiger partial charge in [0.1, 0.15) is 23.4 Å². The van der Waals surface area contributed by atoms with Crippen molar-refractivity contribution in [1.29, 1.82) is 0 Å². The summed E-state index contributed by atoms with van der Waals surface area (Å²) in [6, 6.07) is 15.1. The summed E-state index contributed by atoms with van der Waals surface area (Å²) in [6.45, 7) is 1.99. The zero-order valence-corrected chi connectivity index (χ0v) is 13.4. The van der Waals surface area contributed by atoms with Crippen LogP contribution in [0.15, 0.2) is 65.4 Å². The van der Waals surface area contributed by atoms with Gasteiger partial charge in [0.25, 0.3) is 5.95 Å². The highest BCUT2D eigenvalue weighted by atomic mass is 16.6. The van der Waals surface area contributed by atoms with E-state index in [9.17, 15) is 0 Å². The second kappa shape index (κ2) is 5.77. The number of hydrogen-bond acceptors (Lipinski definition) is 4. The van der Waals surface area contributed by atoms with Gasteiger partial charge in [0, 0.05) is 17.8 Å². The van der Waals surface area contributed by atoms with E-state index < -0.39 is 0 Å². The third-order valence-electron chi connectivity index (χ3n) is 3.83. The molecule has 5 heteroatoms. The molecular weight excluding hydrogens is 304 g/mol. The lowest BCUT2D eigenvalue weighted by Crippen LogP contribution is -1.87. The Labute approximate surface area is 139 Å². The van der Waals surface area contributed by atoms with Gasteiger partial charge in [-0.3, -0.25) is 4.40 Å². The zero-order chi connectivity index (χ0) is 16.5. The van der Waals surface area contributed by atoms with Gasteiger partial charge >= 0.3 is 0 Å². The molecule has 1 aromatic carbocycles. The maximum absolute atomic E-state index is 5.76. The van der Waals surface area contributed by atoms with E-state index >= 15 is 0 Å². The van der Waals surface area contributed by atoms with Crippen molar-refractivity contribution < 1.29 is 13.9 Å². The molecule has 0 saturated carbocycles. The Balaban J connectivity index is 1.65. The van der Waals surface area contributed by atoms with Gasteiger partial charge in [-0.05, 0) is 43.3 Å². The summed E-state index contributed by atoms with van der Waals surface area (Å²) in [6.07, 6.45) is 3.67. The lowest BCUT2D eigenvalue weighted by Gasteiger charge is -2.03. The fraction of sp³-hybridized carbons (Fsp3) is 0.105. The van der Waals surface area contributed by atoms with E-state index in [1.54, 1.807) is 13.4 Å². The SMILES string of the molecule is COc1ccc(Oc2cc(-c3c(C)nc4ccccn34)co2)cc1. The van der Waals surface area contributed by atoms with E-state index in [-0.39, 0.29) is 0 Å². The minimum Gasteiger partial charge on any atom is -0.497 e. The third kappa shape index (κ3) is 2.50. The maximum Gasteiger partial charge on any atom is 0.290 e. The Morgan fingerprint density at radius 2 is 1.83 bits per heavy atom. The first kappa shape index (κ1) is 14.4. The first-order valence-electron chi connectivity index (χ1n) is 7.59. The van der Waals surface area contributed by atoms with Gasteiger partial charge in [-0.2, -0.15) is 0 Å². The van der Waals surface area contributed by atoms with Crippen LogP contribution in [-0.4, -0.2) is 16.5 Å². The van der Waals surface area contributed by atoms with Crippen LogP contribution in [0, 0.1) is 6.92 Å². The van der Waals surface area contributed by atoms with Crippen molar-refractivity contribution in [2.45, 2.75) is 6.92 Å². The Kier molecular flexibility index (Phi) is 3.46. The molecule has 5 nitrogen and oxygen atoms in total. The van der Waals surface area contributed by atoms with Gasteiger partial charge in [0.15, 0.2) is 0 Å². The summed E-state index contributed by atoms with van der Waals surface area (Å²) < 4.78 is 18.5.